The van der Waals surface area contributed by atoms with Crippen molar-refractivity contribution in [1.29, 1.82) is 5.41 Å². The molecular weight excluding hydrogens is 256 g/mol. The third kappa shape index (κ3) is 24.8. The molecule has 1 rings (SSSR count). The molecule has 0 saturated heterocycles. The standard InChI is InChI=1S/C10H20.C3H8N2.C3H8.C2H6.CH4/c1-3-9-5-7-10(4-2)8-6-9;1-2-3(4)5;1-3-2;1-2;/h9-10H,3-8H2,1-2H3;2H2,1H3,(H3,4,5);3H2,1-2H3;1-2H3;1H4. The Balaban J connectivity index is -0.000000112. The van der Waals surface area contributed by atoms with Crippen LogP contribution in [0.1, 0.15) is 107 Å². The molecule has 1 fully saturated rings. The molecule has 2 nitrogen and oxygen atoms in total. The van der Waals surface area contributed by atoms with E-state index in [4.69, 9.17) is 11.1 Å². The smallest absolute Gasteiger partial charge is 0.0902 e. The summed E-state index contributed by atoms with van der Waals surface area (Å²) in [5, 5.41) is 6.52. The van der Waals surface area contributed by atoms with Crippen LogP contribution in [0, 0.1) is 17.2 Å². The van der Waals surface area contributed by atoms with Crippen molar-refractivity contribution in [3.63, 3.8) is 0 Å². The van der Waals surface area contributed by atoms with Gasteiger partial charge in [0.05, 0.1) is 5.84 Å². The van der Waals surface area contributed by atoms with E-state index in [9.17, 15) is 0 Å². The van der Waals surface area contributed by atoms with Gasteiger partial charge < -0.3 is 5.73 Å². The van der Waals surface area contributed by atoms with Crippen molar-refractivity contribution in [2.45, 2.75) is 107 Å². The molecule has 0 atom stereocenters. The van der Waals surface area contributed by atoms with Gasteiger partial charge in [-0.25, -0.2) is 0 Å². The average molecular weight is 303 g/mol. The van der Waals surface area contributed by atoms with E-state index in [-0.39, 0.29) is 13.3 Å². The Morgan fingerprint density at radius 1 is 0.857 bits per heavy atom. The van der Waals surface area contributed by atoms with Crippen molar-refractivity contribution in [2.24, 2.45) is 17.6 Å². The number of hydrogen-bond acceptors (Lipinski definition) is 1. The van der Waals surface area contributed by atoms with Crippen LogP contribution in [-0.4, -0.2) is 5.84 Å². The molecule has 0 aromatic heterocycles. The second kappa shape index (κ2) is 24.5. The first-order valence-electron chi connectivity index (χ1n) is 8.88. The van der Waals surface area contributed by atoms with Crippen LogP contribution in [0.15, 0.2) is 0 Å². The molecule has 3 N–H and O–H groups in total. The Labute approximate surface area is 136 Å². The van der Waals surface area contributed by atoms with E-state index >= 15 is 0 Å². The third-order valence-electron chi connectivity index (χ3n) is 3.50. The van der Waals surface area contributed by atoms with Crippen molar-refractivity contribution in [1.82, 2.24) is 0 Å². The lowest BCUT2D eigenvalue weighted by Gasteiger charge is -2.26. The third-order valence-corrected chi connectivity index (χ3v) is 3.50. The summed E-state index contributed by atoms with van der Waals surface area (Å²) in [4.78, 5) is 0. The topological polar surface area (TPSA) is 49.9 Å². The number of hydrogen-bond donors (Lipinski definition) is 2. The molecule has 2 heteroatoms. The van der Waals surface area contributed by atoms with Gasteiger partial charge in [-0.2, -0.15) is 0 Å². The first-order chi connectivity index (χ1) is 9.55. The number of nitrogens with two attached hydrogens (primary N) is 1. The molecule has 0 aliphatic heterocycles. The SMILES string of the molecule is C.CC.CCC.CCC(=N)N.CCC1CCC(CC)CC1. The molecule has 0 radical (unpaired) electrons. The van der Waals surface area contributed by atoms with E-state index in [1.54, 1.807) is 0 Å². The lowest BCUT2D eigenvalue weighted by atomic mass is 9.80. The molecule has 0 aromatic rings. The zero-order valence-corrected chi connectivity index (χ0v) is 15.4. The maximum atomic E-state index is 6.52. The average Bonchev–Trinajstić information content (AvgIpc) is 2.50. The highest BCUT2D eigenvalue weighted by Crippen LogP contribution is 2.31. The zero-order chi connectivity index (χ0) is 16.4. The summed E-state index contributed by atoms with van der Waals surface area (Å²) >= 11 is 0. The van der Waals surface area contributed by atoms with E-state index < -0.39 is 0 Å². The predicted molar refractivity (Wildman–Crippen MR) is 102 cm³/mol. The maximum absolute atomic E-state index is 6.52. The van der Waals surface area contributed by atoms with E-state index in [0.29, 0.717) is 6.42 Å². The van der Waals surface area contributed by atoms with Crippen molar-refractivity contribution in [2.75, 3.05) is 0 Å². The van der Waals surface area contributed by atoms with Crippen LogP contribution in [0.3, 0.4) is 0 Å². The summed E-state index contributed by atoms with van der Waals surface area (Å²) in [5.74, 6) is 2.40. The molecule has 21 heavy (non-hydrogen) atoms. The quantitative estimate of drug-likeness (QED) is 0.427. The molecule has 1 aliphatic carbocycles. The monoisotopic (exact) mass is 302 g/mol. The Morgan fingerprint density at radius 3 is 1.14 bits per heavy atom. The van der Waals surface area contributed by atoms with Gasteiger partial charge in [-0.3, -0.25) is 5.41 Å². The van der Waals surface area contributed by atoms with Gasteiger partial charge in [0.1, 0.15) is 0 Å². The maximum Gasteiger partial charge on any atom is 0.0902 e. The normalized spacial score (nSPS) is 19.2. The van der Waals surface area contributed by atoms with Gasteiger partial charge >= 0.3 is 0 Å². The van der Waals surface area contributed by atoms with Gasteiger partial charge in [-0.05, 0) is 11.8 Å². The van der Waals surface area contributed by atoms with E-state index in [1.165, 1.54) is 44.9 Å². The summed E-state index contributed by atoms with van der Waals surface area (Å²) in [6, 6.07) is 0. The number of rotatable bonds is 3. The molecule has 0 amide bonds. The largest absolute Gasteiger partial charge is 0.388 e. The Morgan fingerprint density at radius 2 is 1.05 bits per heavy atom. The molecule has 0 spiro atoms. The molecule has 0 heterocycles. The summed E-state index contributed by atoms with van der Waals surface area (Å²) in [6.45, 7) is 14.8. The van der Waals surface area contributed by atoms with E-state index in [0.717, 1.165) is 11.8 Å². The fourth-order valence-electron chi connectivity index (χ4n) is 2.05. The summed E-state index contributed by atoms with van der Waals surface area (Å²) in [7, 11) is 0. The van der Waals surface area contributed by atoms with Crippen LogP contribution < -0.4 is 5.73 Å². The Bertz CT molecular complexity index is 158. The van der Waals surface area contributed by atoms with E-state index in [2.05, 4.69) is 27.7 Å². The number of amidine groups is 1. The second-order valence-electron chi connectivity index (χ2n) is 5.29. The lowest BCUT2D eigenvalue weighted by molar-refractivity contribution is 0.264. The van der Waals surface area contributed by atoms with E-state index in [1.807, 2.05) is 20.8 Å². The van der Waals surface area contributed by atoms with Crippen molar-refractivity contribution >= 4 is 5.84 Å². The first kappa shape index (κ1) is 28.6. The minimum atomic E-state index is 0. The molecule has 0 aromatic carbocycles. The van der Waals surface area contributed by atoms with Gasteiger partial charge in [0.2, 0.25) is 0 Å². The first-order valence-corrected chi connectivity index (χ1v) is 8.88. The van der Waals surface area contributed by atoms with Gasteiger partial charge in [0, 0.05) is 6.42 Å². The van der Waals surface area contributed by atoms with Gasteiger partial charge in [-0.1, -0.05) is 101 Å². The van der Waals surface area contributed by atoms with Crippen molar-refractivity contribution in [3.05, 3.63) is 0 Å². The highest BCUT2D eigenvalue weighted by atomic mass is 14.7. The van der Waals surface area contributed by atoms with Gasteiger partial charge in [-0.15, -0.1) is 0 Å². The fraction of sp³-hybridized carbons (Fsp3) is 0.947. The molecular formula is C19H46N2. The van der Waals surface area contributed by atoms with Crippen LogP contribution in [0.25, 0.3) is 0 Å². The predicted octanol–water partition coefficient (Wildman–Crippen LogP) is 7.02. The molecule has 0 bridgehead atoms. The van der Waals surface area contributed by atoms with Crippen LogP contribution in [0.2, 0.25) is 0 Å². The fourth-order valence-corrected chi connectivity index (χ4v) is 2.05. The zero-order valence-electron chi connectivity index (χ0n) is 15.4. The van der Waals surface area contributed by atoms with Crippen LogP contribution in [-0.2, 0) is 0 Å². The van der Waals surface area contributed by atoms with Gasteiger partial charge in [0.25, 0.3) is 0 Å². The van der Waals surface area contributed by atoms with Crippen molar-refractivity contribution in [3.8, 4) is 0 Å². The summed E-state index contributed by atoms with van der Waals surface area (Å²) < 4.78 is 0. The highest BCUT2D eigenvalue weighted by Gasteiger charge is 2.17. The minimum Gasteiger partial charge on any atom is -0.388 e. The summed E-state index contributed by atoms with van der Waals surface area (Å²) in [6.07, 6.45) is 10.8. The summed E-state index contributed by atoms with van der Waals surface area (Å²) in [5.41, 5.74) is 4.88. The Kier molecular flexibility index (Phi) is 33.4. The van der Waals surface area contributed by atoms with Crippen LogP contribution >= 0.6 is 0 Å². The molecule has 1 aliphatic rings. The number of nitrogens with one attached hydrogen (secondary N) is 1. The lowest BCUT2D eigenvalue weighted by Crippen LogP contribution is -2.12. The Hall–Kier alpha value is -0.530. The molecule has 1 saturated carbocycles. The molecule has 132 valence electrons. The molecule has 0 unspecified atom stereocenters. The van der Waals surface area contributed by atoms with Gasteiger partial charge in [0.15, 0.2) is 0 Å². The van der Waals surface area contributed by atoms with Crippen molar-refractivity contribution < 1.29 is 0 Å². The van der Waals surface area contributed by atoms with Crippen LogP contribution in [0.5, 0.6) is 0 Å². The second-order valence-corrected chi connectivity index (χ2v) is 5.29. The van der Waals surface area contributed by atoms with Crippen LogP contribution in [0.4, 0.5) is 0 Å². The minimum absolute atomic E-state index is 0. The highest BCUT2D eigenvalue weighted by molar-refractivity contribution is 5.76.